The number of carbonyl (C=O) groups is 1. The predicted octanol–water partition coefficient (Wildman–Crippen LogP) is 3.68. The molecule has 0 aliphatic heterocycles. The van der Waals surface area contributed by atoms with E-state index in [9.17, 15) is 4.79 Å². The molecule has 0 unspecified atom stereocenters. The van der Waals surface area contributed by atoms with Gasteiger partial charge in [-0.05, 0) is 25.1 Å². The molecule has 1 aromatic heterocycles. The number of hydrogen-bond acceptors (Lipinski definition) is 2. The Morgan fingerprint density at radius 1 is 1.26 bits per heavy atom. The molecule has 2 N–H and O–H groups in total. The van der Waals surface area contributed by atoms with Gasteiger partial charge in [-0.2, -0.15) is 0 Å². The van der Waals surface area contributed by atoms with Gasteiger partial charge in [0.25, 0.3) is 0 Å². The number of halogens is 2. The van der Waals surface area contributed by atoms with Crippen LogP contribution in [0.4, 0.5) is 16.3 Å². The standard InChI is InChI=1S/C12H12Cl2N4O/c1-7-15-6-11(18(7)2)17-12(19)16-8-3-4-9(13)10(14)5-8/h3-6H,1-2H3,(H2,16,17,19). The van der Waals surface area contributed by atoms with E-state index in [1.807, 2.05) is 14.0 Å². The van der Waals surface area contributed by atoms with Crippen LogP contribution in [0.1, 0.15) is 5.82 Å². The Labute approximate surface area is 120 Å². The molecule has 0 aliphatic rings. The van der Waals surface area contributed by atoms with Crippen LogP contribution in [0.5, 0.6) is 0 Å². The third-order valence-electron chi connectivity index (χ3n) is 2.64. The van der Waals surface area contributed by atoms with E-state index in [-0.39, 0.29) is 6.03 Å². The summed E-state index contributed by atoms with van der Waals surface area (Å²) >= 11 is 11.7. The zero-order chi connectivity index (χ0) is 14.0. The number of rotatable bonds is 2. The first-order chi connectivity index (χ1) is 8.97. The fraction of sp³-hybridized carbons (Fsp3) is 0.167. The molecule has 2 rings (SSSR count). The van der Waals surface area contributed by atoms with Crippen LogP contribution in [0, 0.1) is 6.92 Å². The Bertz CT molecular complexity index is 624. The van der Waals surface area contributed by atoms with Crippen molar-refractivity contribution in [1.29, 1.82) is 0 Å². The van der Waals surface area contributed by atoms with E-state index >= 15 is 0 Å². The number of carbonyl (C=O) groups excluding carboxylic acids is 1. The van der Waals surface area contributed by atoms with Crippen LogP contribution >= 0.6 is 23.2 Å². The predicted molar refractivity (Wildman–Crippen MR) is 77.0 cm³/mol. The molecular formula is C12H12Cl2N4O. The molecule has 0 aliphatic carbocycles. The summed E-state index contributed by atoms with van der Waals surface area (Å²) in [5, 5.41) is 6.17. The zero-order valence-electron chi connectivity index (χ0n) is 10.4. The van der Waals surface area contributed by atoms with Crippen molar-refractivity contribution in [2.75, 3.05) is 10.6 Å². The molecule has 0 atom stereocenters. The van der Waals surface area contributed by atoms with Gasteiger partial charge in [-0.15, -0.1) is 0 Å². The van der Waals surface area contributed by atoms with Gasteiger partial charge in [0.05, 0.1) is 16.2 Å². The largest absolute Gasteiger partial charge is 0.324 e. The maximum absolute atomic E-state index is 11.8. The normalized spacial score (nSPS) is 10.3. The van der Waals surface area contributed by atoms with Crippen LogP contribution in [-0.4, -0.2) is 15.6 Å². The van der Waals surface area contributed by atoms with Gasteiger partial charge in [0.15, 0.2) is 0 Å². The van der Waals surface area contributed by atoms with Crippen LogP contribution in [0.25, 0.3) is 0 Å². The molecule has 2 aromatic rings. The fourth-order valence-corrected chi connectivity index (χ4v) is 1.77. The minimum absolute atomic E-state index is 0.374. The summed E-state index contributed by atoms with van der Waals surface area (Å²) in [6.07, 6.45) is 1.59. The number of nitrogens with one attached hydrogen (secondary N) is 2. The molecule has 0 fully saturated rings. The van der Waals surface area contributed by atoms with Gasteiger partial charge >= 0.3 is 6.03 Å². The third-order valence-corrected chi connectivity index (χ3v) is 3.38. The zero-order valence-corrected chi connectivity index (χ0v) is 11.9. The van der Waals surface area contributed by atoms with E-state index in [4.69, 9.17) is 23.2 Å². The second-order valence-corrected chi connectivity index (χ2v) is 4.77. The number of imidazole rings is 1. The summed E-state index contributed by atoms with van der Waals surface area (Å²) in [6.45, 7) is 1.85. The average molecular weight is 299 g/mol. The van der Waals surface area contributed by atoms with Crippen molar-refractivity contribution < 1.29 is 4.79 Å². The highest BCUT2D eigenvalue weighted by Gasteiger charge is 2.08. The Hall–Kier alpha value is -1.72. The van der Waals surface area contributed by atoms with Crippen molar-refractivity contribution in [1.82, 2.24) is 9.55 Å². The van der Waals surface area contributed by atoms with Crippen molar-refractivity contribution in [3.63, 3.8) is 0 Å². The summed E-state index contributed by atoms with van der Waals surface area (Å²) in [5.41, 5.74) is 0.561. The van der Waals surface area contributed by atoms with E-state index in [0.29, 0.717) is 21.6 Å². The topological polar surface area (TPSA) is 59.0 Å². The van der Waals surface area contributed by atoms with Crippen molar-refractivity contribution in [3.05, 3.63) is 40.3 Å². The smallest absolute Gasteiger partial charge is 0.318 e. The molecule has 7 heteroatoms. The minimum Gasteiger partial charge on any atom is -0.318 e. The van der Waals surface area contributed by atoms with Crippen LogP contribution in [0.15, 0.2) is 24.4 Å². The Morgan fingerprint density at radius 2 is 2.00 bits per heavy atom. The first-order valence-electron chi connectivity index (χ1n) is 5.49. The molecule has 1 aromatic carbocycles. The molecule has 0 radical (unpaired) electrons. The van der Waals surface area contributed by atoms with Gasteiger partial charge in [0.1, 0.15) is 11.6 Å². The number of benzene rings is 1. The number of aryl methyl sites for hydroxylation is 1. The lowest BCUT2D eigenvalue weighted by Gasteiger charge is -2.09. The Morgan fingerprint density at radius 3 is 2.58 bits per heavy atom. The van der Waals surface area contributed by atoms with Crippen LogP contribution in [0.2, 0.25) is 10.0 Å². The second kappa shape index (κ2) is 5.50. The lowest BCUT2D eigenvalue weighted by atomic mass is 10.3. The van der Waals surface area contributed by atoms with Crippen molar-refractivity contribution in [2.24, 2.45) is 7.05 Å². The van der Waals surface area contributed by atoms with Crippen molar-refractivity contribution in [3.8, 4) is 0 Å². The molecule has 19 heavy (non-hydrogen) atoms. The number of hydrogen-bond donors (Lipinski definition) is 2. The average Bonchev–Trinajstić information content (AvgIpc) is 2.66. The molecule has 5 nitrogen and oxygen atoms in total. The fourth-order valence-electron chi connectivity index (χ4n) is 1.47. The molecule has 0 bridgehead atoms. The van der Waals surface area contributed by atoms with E-state index in [1.165, 1.54) is 0 Å². The van der Waals surface area contributed by atoms with Crippen LogP contribution in [-0.2, 0) is 7.05 Å². The van der Waals surface area contributed by atoms with Gasteiger partial charge in [0.2, 0.25) is 0 Å². The third kappa shape index (κ3) is 3.19. The number of amides is 2. The number of anilines is 2. The quantitative estimate of drug-likeness (QED) is 0.888. The van der Waals surface area contributed by atoms with E-state index in [2.05, 4.69) is 15.6 Å². The van der Waals surface area contributed by atoms with Crippen molar-refractivity contribution in [2.45, 2.75) is 6.92 Å². The van der Waals surface area contributed by atoms with Gasteiger partial charge in [0, 0.05) is 12.7 Å². The van der Waals surface area contributed by atoms with Crippen molar-refractivity contribution >= 4 is 40.7 Å². The molecular weight excluding hydrogens is 287 g/mol. The van der Waals surface area contributed by atoms with E-state index < -0.39 is 0 Å². The highest BCUT2D eigenvalue weighted by Crippen LogP contribution is 2.25. The number of nitrogens with zero attached hydrogens (tertiary/aromatic N) is 2. The first-order valence-corrected chi connectivity index (χ1v) is 6.24. The van der Waals surface area contributed by atoms with Gasteiger partial charge in [-0.3, -0.25) is 5.32 Å². The highest BCUT2D eigenvalue weighted by atomic mass is 35.5. The molecule has 0 spiro atoms. The molecule has 0 saturated heterocycles. The molecule has 0 saturated carbocycles. The molecule has 100 valence electrons. The molecule has 2 amide bonds. The summed E-state index contributed by atoms with van der Waals surface area (Å²) in [5.74, 6) is 1.42. The number of urea groups is 1. The number of aromatic nitrogens is 2. The van der Waals surface area contributed by atoms with Crippen LogP contribution in [0.3, 0.4) is 0 Å². The lowest BCUT2D eigenvalue weighted by molar-refractivity contribution is 0.262. The maximum Gasteiger partial charge on any atom is 0.324 e. The maximum atomic E-state index is 11.8. The monoisotopic (exact) mass is 298 g/mol. The van der Waals surface area contributed by atoms with Crippen LogP contribution < -0.4 is 10.6 Å². The Balaban J connectivity index is 2.05. The highest BCUT2D eigenvalue weighted by molar-refractivity contribution is 6.42. The van der Waals surface area contributed by atoms with Gasteiger partial charge < -0.3 is 9.88 Å². The van der Waals surface area contributed by atoms with Gasteiger partial charge in [-0.25, -0.2) is 9.78 Å². The van der Waals surface area contributed by atoms with Gasteiger partial charge in [-0.1, -0.05) is 23.2 Å². The summed E-state index contributed by atoms with van der Waals surface area (Å²) < 4.78 is 1.77. The van der Waals surface area contributed by atoms with E-state index in [1.54, 1.807) is 29.0 Å². The second-order valence-electron chi connectivity index (χ2n) is 3.96. The summed E-state index contributed by atoms with van der Waals surface area (Å²) in [6, 6.07) is 4.50. The Kier molecular flexibility index (Phi) is 3.97. The van der Waals surface area contributed by atoms with E-state index in [0.717, 1.165) is 5.82 Å². The minimum atomic E-state index is -0.374. The SMILES string of the molecule is Cc1ncc(NC(=O)Nc2ccc(Cl)c(Cl)c2)n1C. The summed E-state index contributed by atoms with van der Waals surface area (Å²) in [7, 11) is 1.82. The lowest BCUT2D eigenvalue weighted by Crippen LogP contribution is -2.20. The first kappa shape index (κ1) is 13.7. The summed E-state index contributed by atoms with van der Waals surface area (Å²) in [4.78, 5) is 15.9. The molecule has 1 heterocycles.